The van der Waals surface area contributed by atoms with Gasteiger partial charge in [-0.3, -0.25) is 9.78 Å². The number of nitrogens with one attached hydrogen (secondary N) is 2. The van der Waals surface area contributed by atoms with E-state index in [4.69, 9.17) is 0 Å². The molecule has 1 amide bonds. The summed E-state index contributed by atoms with van der Waals surface area (Å²) in [6.07, 6.45) is 3.65. The second-order valence-electron chi connectivity index (χ2n) is 5.49. The maximum atomic E-state index is 12.4. The van der Waals surface area contributed by atoms with Crippen LogP contribution in [0.25, 0.3) is 21.5 Å². The SMILES string of the molecule is O=C(NCc1ccnc(-c2cccs2)c1)c1ccc2[nH]ccc2c1. The van der Waals surface area contributed by atoms with Gasteiger partial charge in [0.25, 0.3) is 5.91 Å². The van der Waals surface area contributed by atoms with Crippen molar-refractivity contribution in [3.05, 3.63) is 77.4 Å². The molecule has 2 N–H and O–H groups in total. The minimum absolute atomic E-state index is 0.0763. The summed E-state index contributed by atoms with van der Waals surface area (Å²) in [6, 6.07) is 15.6. The molecular formula is C19H15N3OS. The van der Waals surface area contributed by atoms with Crippen LogP contribution in [-0.2, 0) is 6.54 Å². The highest BCUT2D eigenvalue weighted by molar-refractivity contribution is 7.13. The lowest BCUT2D eigenvalue weighted by Gasteiger charge is -2.07. The first-order chi connectivity index (χ1) is 11.8. The molecule has 4 aromatic rings. The fourth-order valence-corrected chi connectivity index (χ4v) is 3.32. The van der Waals surface area contributed by atoms with Crippen LogP contribution in [0.4, 0.5) is 0 Å². The van der Waals surface area contributed by atoms with E-state index >= 15 is 0 Å². The monoisotopic (exact) mass is 333 g/mol. The number of hydrogen-bond acceptors (Lipinski definition) is 3. The van der Waals surface area contributed by atoms with Crippen molar-refractivity contribution in [3.8, 4) is 10.6 Å². The maximum absolute atomic E-state index is 12.4. The second kappa shape index (κ2) is 6.29. The third-order valence-electron chi connectivity index (χ3n) is 3.87. The molecule has 3 heterocycles. The van der Waals surface area contributed by atoms with Gasteiger partial charge in [-0.2, -0.15) is 0 Å². The summed E-state index contributed by atoms with van der Waals surface area (Å²) >= 11 is 1.66. The number of pyridine rings is 1. The molecule has 0 unspecified atom stereocenters. The molecule has 4 rings (SSSR count). The van der Waals surface area contributed by atoms with Gasteiger partial charge in [-0.05, 0) is 53.4 Å². The van der Waals surface area contributed by atoms with Crippen LogP contribution >= 0.6 is 11.3 Å². The summed E-state index contributed by atoms with van der Waals surface area (Å²) < 4.78 is 0. The van der Waals surface area contributed by atoms with E-state index in [1.165, 1.54) is 0 Å². The van der Waals surface area contributed by atoms with Crippen LogP contribution in [0.1, 0.15) is 15.9 Å². The van der Waals surface area contributed by atoms with Gasteiger partial charge in [0.15, 0.2) is 0 Å². The number of aromatic nitrogens is 2. The summed E-state index contributed by atoms with van der Waals surface area (Å²) in [7, 11) is 0. The van der Waals surface area contributed by atoms with Crippen molar-refractivity contribution in [1.29, 1.82) is 0 Å². The average Bonchev–Trinajstić information content (AvgIpc) is 3.30. The smallest absolute Gasteiger partial charge is 0.251 e. The van der Waals surface area contributed by atoms with Crippen LogP contribution < -0.4 is 5.32 Å². The van der Waals surface area contributed by atoms with Gasteiger partial charge >= 0.3 is 0 Å². The molecule has 4 nitrogen and oxygen atoms in total. The Morgan fingerprint density at radius 3 is 3.00 bits per heavy atom. The zero-order valence-corrected chi connectivity index (χ0v) is 13.6. The minimum atomic E-state index is -0.0763. The molecule has 0 spiro atoms. The molecule has 24 heavy (non-hydrogen) atoms. The van der Waals surface area contributed by atoms with Crippen LogP contribution in [-0.4, -0.2) is 15.9 Å². The van der Waals surface area contributed by atoms with Gasteiger partial charge in [0.1, 0.15) is 0 Å². The quantitative estimate of drug-likeness (QED) is 0.587. The Labute approximate surface area is 143 Å². The van der Waals surface area contributed by atoms with Gasteiger partial charge in [-0.25, -0.2) is 0 Å². The Hall–Kier alpha value is -2.92. The van der Waals surface area contributed by atoms with Crippen LogP contribution in [0.5, 0.6) is 0 Å². The van der Waals surface area contributed by atoms with Gasteiger partial charge in [0.05, 0.1) is 10.6 Å². The molecule has 1 aromatic carbocycles. The Morgan fingerprint density at radius 2 is 2.12 bits per heavy atom. The molecular weight excluding hydrogens is 318 g/mol. The van der Waals surface area contributed by atoms with E-state index in [0.29, 0.717) is 12.1 Å². The summed E-state index contributed by atoms with van der Waals surface area (Å²) in [6.45, 7) is 0.477. The summed E-state index contributed by atoms with van der Waals surface area (Å²) in [5.74, 6) is -0.0763. The van der Waals surface area contributed by atoms with Gasteiger partial charge in [-0.1, -0.05) is 6.07 Å². The highest BCUT2D eigenvalue weighted by atomic mass is 32.1. The summed E-state index contributed by atoms with van der Waals surface area (Å²) in [5.41, 5.74) is 3.66. The Morgan fingerprint density at radius 1 is 1.17 bits per heavy atom. The highest BCUT2D eigenvalue weighted by Crippen LogP contribution is 2.23. The fourth-order valence-electron chi connectivity index (χ4n) is 2.62. The van der Waals surface area contributed by atoms with Crippen molar-refractivity contribution in [1.82, 2.24) is 15.3 Å². The lowest BCUT2D eigenvalue weighted by Crippen LogP contribution is -2.22. The van der Waals surface area contributed by atoms with Gasteiger partial charge < -0.3 is 10.3 Å². The van der Waals surface area contributed by atoms with Gasteiger partial charge in [0, 0.05) is 35.4 Å². The molecule has 0 fully saturated rings. The third kappa shape index (κ3) is 2.94. The lowest BCUT2D eigenvalue weighted by molar-refractivity contribution is 0.0951. The van der Waals surface area contributed by atoms with E-state index in [1.807, 2.05) is 60.1 Å². The first-order valence-electron chi connectivity index (χ1n) is 7.64. The topological polar surface area (TPSA) is 57.8 Å². The molecule has 0 aliphatic heterocycles. The van der Waals surface area contributed by atoms with Gasteiger partial charge in [-0.15, -0.1) is 11.3 Å². The van der Waals surface area contributed by atoms with E-state index in [1.54, 1.807) is 17.5 Å². The zero-order chi connectivity index (χ0) is 16.4. The largest absolute Gasteiger partial charge is 0.361 e. The normalized spacial score (nSPS) is 10.8. The van der Waals surface area contributed by atoms with Crippen molar-refractivity contribution in [2.24, 2.45) is 0 Å². The Balaban J connectivity index is 1.48. The number of benzene rings is 1. The predicted molar refractivity (Wildman–Crippen MR) is 97.0 cm³/mol. The number of rotatable bonds is 4. The maximum Gasteiger partial charge on any atom is 0.251 e. The number of H-pyrrole nitrogens is 1. The molecule has 0 saturated heterocycles. The van der Waals surface area contributed by atoms with Crippen molar-refractivity contribution in [2.75, 3.05) is 0 Å². The predicted octanol–water partition coefficient (Wildman–Crippen LogP) is 4.22. The van der Waals surface area contributed by atoms with Crippen molar-refractivity contribution in [2.45, 2.75) is 6.54 Å². The Bertz CT molecular complexity index is 989. The summed E-state index contributed by atoms with van der Waals surface area (Å²) in [5, 5.41) is 6.04. The van der Waals surface area contributed by atoms with Crippen LogP contribution in [0.2, 0.25) is 0 Å². The first kappa shape index (κ1) is 14.7. The molecule has 3 aromatic heterocycles. The standard InChI is InChI=1S/C19H15N3OS/c23-19(15-3-4-16-14(11-15)6-8-20-16)22-12-13-5-7-21-17(10-13)18-2-1-9-24-18/h1-11,20H,12H2,(H,22,23). The number of hydrogen-bond donors (Lipinski definition) is 2. The Kier molecular flexibility index (Phi) is 3.84. The molecule has 0 aliphatic carbocycles. The molecule has 0 bridgehead atoms. The van der Waals surface area contributed by atoms with E-state index in [0.717, 1.165) is 27.0 Å². The minimum Gasteiger partial charge on any atom is -0.361 e. The van der Waals surface area contributed by atoms with E-state index in [-0.39, 0.29) is 5.91 Å². The molecule has 0 aliphatic rings. The second-order valence-corrected chi connectivity index (χ2v) is 6.44. The number of thiophene rings is 1. The zero-order valence-electron chi connectivity index (χ0n) is 12.8. The highest BCUT2D eigenvalue weighted by Gasteiger charge is 2.07. The van der Waals surface area contributed by atoms with Crippen molar-refractivity contribution < 1.29 is 4.79 Å². The number of aromatic amines is 1. The molecule has 0 radical (unpaired) electrons. The number of carbonyl (C=O) groups is 1. The number of amides is 1. The fraction of sp³-hybridized carbons (Fsp3) is 0.0526. The number of fused-ring (bicyclic) bond motifs is 1. The van der Waals surface area contributed by atoms with Crippen LogP contribution in [0.15, 0.2) is 66.3 Å². The molecule has 0 saturated carbocycles. The van der Waals surface area contributed by atoms with Crippen molar-refractivity contribution in [3.63, 3.8) is 0 Å². The van der Waals surface area contributed by atoms with Gasteiger partial charge in [0.2, 0.25) is 0 Å². The molecule has 0 atom stereocenters. The first-order valence-corrected chi connectivity index (χ1v) is 8.52. The van der Waals surface area contributed by atoms with E-state index in [2.05, 4.69) is 15.3 Å². The molecule has 118 valence electrons. The number of carbonyl (C=O) groups excluding carboxylic acids is 1. The number of nitrogens with zero attached hydrogens (tertiary/aromatic N) is 1. The average molecular weight is 333 g/mol. The summed E-state index contributed by atoms with van der Waals surface area (Å²) in [4.78, 5) is 21.0. The third-order valence-corrected chi connectivity index (χ3v) is 4.76. The lowest BCUT2D eigenvalue weighted by atomic mass is 10.1. The van der Waals surface area contributed by atoms with Crippen LogP contribution in [0, 0.1) is 0 Å². The van der Waals surface area contributed by atoms with Crippen molar-refractivity contribution >= 4 is 28.1 Å². The van der Waals surface area contributed by atoms with E-state index in [9.17, 15) is 4.79 Å². The van der Waals surface area contributed by atoms with Crippen LogP contribution in [0.3, 0.4) is 0 Å². The molecule has 5 heteroatoms. The van der Waals surface area contributed by atoms with E-state index < -0.39 is 0 Å².